The van der Waals surface area contributed by atoms with Gasteiger partial charge in [0.2, 0.25) is 0 Å². The molecule has 0 heterocycles. The zero-order chi connectivity index (χ0) is 17.5. The molecule has 0 spiro atoms. The lowest BCUT2D eigenvalue weighted by molar-refractivity contribution is 0.475. The van der Waals surface area contributed by atoms with Gasteiger partial charge in [0.25, 0.3) is 0 Å². The molecule has 0 amide bonds. The molecule has 7 heteroatoms. The number of rotatable bonds is 6. The molecule has 0 aliphatic rings. The minimum atomic E-state index is -0.915. The number of hydrogen-bond acceptors (Lipinski definition) is 2. The molecule has 0 radical (unpaired) electrons. The average Bonchev–Trinajstić information content (AvgIpc) is 2.45. The average molecular weight is 469 g/mol. The first-order valence-corrected chi connectivity index (χ1v) is 9.18. The lowest BCUT2D eigenvalue weighted by Crippen LogP contribution is -2.39. The van der Waals surface area contributed by atoms with E-state index in [1.54, 1.807) is 6.07 Å². The normalized spacial score (nSPS) is 13.2. The molecule has 0 saturated heterocycles. The highest BCUT2D eigenvalue weighted by molar-refractivity contribution is 14.0. The van der Waals surface area contributed by atoms with Crippen LogP contribution in [-0.2, 0) is 17.3 Å². The molecule has 1 aromatic carbocycles. The SMILES string of the molecule is CCNC(=NCCS(=O)C(C)(C)C)N(C)Cc1cccc(F)c1.I. The van der Waals surface area contributed by atoms with Gasteiger partial charge in [-0.05, 0) is 45.4 Å². The van der Waals surface area contributed by atoms with Gasteiger partial charge in [-0.3, -0.25) is 9.20 Å². The molecule has 1 rings (SSSR count). The molecule has 0 aliphatic carbocycles. The summed E-state index contributed by atoms with van der Waals surface area (Å²) in [4.78, 5) is 6.47. The molecule has 0 saturated carbocycles. The first kappa shape index (κ1) is 23.3. The molecule has 0 fully saturated rings. The first-order chi connectivity index (χ1) is 10.7. The van der Waals surface area contributed by atoms with Crippen molar-refractivity contribution in [2.75, 3.05) is 25.9 Å². The molecule has 0 aromatic heterocycles. The second-order valence-electron chi connectivity index (χ2n) is 6.38. The topological polar surface area (TPSA) is 44.7 Å². The van der Waals surface area contributed by atoms with Crippen LogP contribution < -0.4 is 5.32 Å². The van der Waals surface area contributed by atoms with Gasteiger partial charge in [-0.1, -0.05) is 12.1 Å². The van der Waals surface area contributed by atoms with Crippen LogP contribution in [0, 0.1) is 5.82 Å². The van der Waals surface area contributed by atoms with Crippen molar-refractivity contribution >= 4 is 40.7 Å². The fraction of sp³-hybridized carbons (Fsp3) is 0.588. The van der Waals surface area contributed by atoms with Gasteiger partial charge in [0.15, 0.2) is 5.96 Å². The minimum absolute atomic E-state index is 0. The predicted octanol–water partition coefficient (Wildman–Crippen LogP) is 3.39. The lowest BCUT2D eigenvalue weighted by atomic mass is 10.2. The number of nitrogens with zero attached hydrogens (tertiary/aromatic N) is 2. The van der Waals surface area contributed by atoms with Gasteiger partial charge in [0, 0.05) is 41.4 Å². The summed E-state index contributed by atoms with van der Waals surface area (Å²) in [6.45, 7) is 9.70. The largest absolute Gasteiger partial charge is 0.357 e. The van der Waals surface area contributed by atoms with Crippen molar-refractivity contribution in [1.29, 1.82) is 0 Å². The number of halogens is 2. The number of guanidine groups is 1. The van der Waals surface area contributed by atoms with Crippen LogP contribution in [0.5, 0.6) is 0 Å². The summed E-state index contributed by atoms with van der Waals surface area (Å²) in [5, 5.41) is 3.21. The maximum atomic E-state index is 13.3. The molecule has 1 unspecified atom stereocenters. The van der Waals surface area contributed by atoms with Crippen molar-refractivity contribution in [3.63, 3.8) is 0 Å². The van der Waals surface area contributed by atoms with Crippen molar-refractivity contribution in [2.45, 2.75) is 39.0 Å². The van der Waals surface area contributed by atoms with Crippen LogP contribution in [0.1, 0.15) is 33.3 Å². The summed E-state index contributed by atoms with van der Waals surface area (Å²) in [5.41, 5.74) is 0.886. The van der Waals surface area contributed by atoms with Crippen molar-refractivity contribution < 1.29 is 8.60 Å². The van der Waals surface area contributed by atoms with Crippen molar-refractivity contribution in [2.24, 2.45) is 4.99 Å². The number of hydrogen-bond donors (Lipinski definition) is 1. The Morgan fingerprint density at radius 2 is 2.04 bits per heavy atom. The Balaban J connectivity index is 0.00000529. The van der Waals surface area contributed by atoms with E-state index in [1.165, 1.54) is 12.1 Å². The molecule has 0 bridgehead atoms. The van der Waals surface area contributed by atoms with Gasteiger partial charge in [-0.2, -0.15) is 0 Å². The van der Waals surface area contributed by atoms with Crippen LogP contribution in [0.15, 0.2) is 29.3 Å². The fourth-order valence-electron chi connectivity index (χ4n) is 1.99. The molecular formula is C17H29FIN3OS. The van der Waals surface area contributed by atoms with E-state index in [-0.39, 0.29) is 34.5 Å². The summed E-state index contributed by atoms with van der Waals surface area (Å²) in [6.07, 6.45) is 0. The smallest absolute Gasteiger partial charge is 0.193 e. The third kappa shape index (κ3) is 8.41. The van der Waals surface area contributed by atoms with E-state index < -0.39 is 10.8 Å². The van der Waals surface area contributed by atoms with Crippen LogP contribution in [0.2, 0.25) is 0 Å². The summed E-state index contributed by atoms with van der Waals surface area (Å²) >= 11 is 0. The van der Waals surface area contributed by atoms with Crippen molar-refractivity contribution in [1.82, 2.24) is 10.2 Å². The van der Waals surface area contributed by atoms with Crippen molar-refractivity contribution in [3.05, 3.63) is 35.6 Å². The highest BCUT2D eigenvalue weighted by Gasteiger charge is 2.18. The monoisotopic (exact) mass is 469 g/mol. The van der Waals surface area contributed by atoms with E-state index in [1.807, 2.05) is 45.7 Å². The molecule has 4 nitrogen and oxygen atoms in total. The fourth-order valence-corrected chi connectivity index (χ4v) is 2.86. The molecule has 1 aromatic rings. The molecule has 138 valence electrons. The quantitative estimate of drug-likeness (QED) is 0.395. The van der Waals surface area contributed by atoms with E-state index in [0.29, 0.717) is 18.8 Å². The molecule has 0 aliphatic heterocycles. The molecular weight excluding hydrogens is 440 g/mol. The predicted molar refractivity (Wildman–Crippen MR) is 112 cm³/mol. The Morgan fingerprint density at radius 3 is 2.58 bits per heavy atom. The summed E-state index contributed by atoms with van der Waals surface area (Å²) in [5.74, 6) is 1.03. The molecule has 1 N–H and O–H groups in total. The van der Waals surface area contributed by atoms with E-state index >= 15 is 0 Å². The summed E-state index contributed by atoms with van der Waals surface area (Å²) in [7, 11) is 0.995. The van der Waals surface area contributed by atoms with Crippen LogP contribution in [0.4, 0.5) is 4.39 Å². The number of nitrogens with one attached hydrogen (secondary N) is 1. The second kappa shape index (κ2) is 11.0. The van der Waals surface area contributed by atoms with Crippen LogP contribution in [0.3, 0.4) is 0 Å². The molecule has 24 heavy (non-hydrogen) atoms. The van der Waals surface area contributed by atoms with Gasteiger partial charge in [-0.25, -0.2) is 4.39 Å². The Morgan fingerprint density at radius 1 is 1.38 bits per heavy atom. The third-order valence-electron chi connectivity index (χ3n) is 3.23. The maximum absolute atomic E-state index is 13.3. The lowest BCUT2D eigenvalue weighted by Gasteiger charge is -2.22. The van der Waals surface area contributed by atoms with Gasteiger partial charge in [0.1, 0.15) is 5.82 Å². The van der Waals surface area contributed by atoms with E-state index in [9.17, 15) is 8.60 Å². The number of aliphatic imine (C=N–C) groups is 1. The van der Waals surface area contributed by atoms with Gasteiger partial charge < -0.3 is 10.2 Å². The van der Waals surface area contributed by atoms with Crippen LogP contribution >= 0.6 is 24.0 Å². The van der Waals surface area contributed by atoms with Gasteiger partial charge >= 0.3 is 0 Å². The Bertz CT molecular complexity index is 561. The highest BCUT2D eigenvalue weighted by Crippen LogP contribution is 2.11. The molecule has 1 atom stereocenters. The Hall–Kier alpha value is -0.700. The third-order valence-corrected chi connectivity index (χ3v) is 5.15. The highest BCUT2D eigenvalue weighted by atomic mass is 127. The van der Waals surface area contributed by atoms with E-state index in [2.05, 4.69) is 10.3 Å². The van der Waals surface area contributed by atoms with Crippen LogP contribution in [-0.4, -0.2) is 45.7 Å². The van der Waals surface area contributed by atoms with Gasteiger partial charge in [0.05, 0.1) is 6.54 Å². The Labute approximate surface area is 164 Å². The van der Waals surface area contributed by atoms with E-state index in [4.69, 9.17) is 0 Å². The zero-order valence-corrected chi connectivity index (χ0v) is 18.3. The zero-order valence-electron chi connectivity index (χ0n) is 15.1. The summed E-state index contributed by atoms with van der Waals surface area (Å²) < 4.78 is 25.1. The Kier molecular flexibility index (Phi) is 10.7. The summed E-state index contributed by atoms with van der Waals surface area (Å²) in [6, 6.07) is 6.55. The minimum Gasteiger partial charge on any atom is -0.357 e. The van der Waals surface area contributed by atoms with Crippen LogP contribution in [0.25, 0.3) is 0 Å². The van der Waals surface area contributed by atoms with Crippen molar-refractivity contribution in [3.8, 4) is 0 Å². The van der Waals surface area contributed by atoms with Gasteiger partial charge in [-0.15, -0.1) is 24.0 Å². The van der Waals surface area contributed by atoms with E-state index in [0.717, 1.165) is 18.1 Å². The standard InChI is InChI=1S/C17H28FN3OS.HI/c1-6-19-16(20-10-11-23(22)17(2,3)4)21(5)13-14-8-7-9-15(18)12-14;/h7-9,12H,6,10-11,13H2,1-5H3,(H,19,20);1H. The maximum Gasteiger partial charge on any atom is 0.193 e. The second-order valence-corrected chi connectivity index (χ2v) is 8.71. The first-order valence-electron chi connectivity index (χ1n) is 7.86. The number of benzene rings is 1.